The molecule has 1 aromatic rings. The molecule has 0 aliphatic heterocycles. The first kappa shape index (κ1) is 14.7. The Bertz CT molecular complexity index is 581. The first-order valence-corrected chi connectivity index (χ1v) is 7.31. The van der Waals surface area contributed by atoms with Gasteiger partial charge in [-0.15, -0.1) is 0 Å². The summed E-state index contributed by atoms with van der Waals surface area (Å²) in [7, 11) is 0. The third kappa shape index (κ3) is 2.12. The Morgan fingerprint density at radius 3 is 2.19 bits per heavy atom. The predicted molar refractivity (Wildman–Crippen MR) is 71.1 cm³/mol. The summed E-state index contributed by atoms with van der Waals surface area (Å²) >= 11 is 0. The maximum Gasteiger partial charge on any atom is 0.398 e. The fraction of sp³-hybridized carbons (Fsp3) is 0.625. The molecule has 0 aromatic heterocycles. The number of phenols is 1. The number of hydrogen-bond donors (Lipinski definition) is 1. The third-order valence-electron chi connectivity index (χ3n) is 4.72. The van der Waals surface area contributed by atoms with E-state index in [9.17, 15) is 22.7 Å². The van der Waals surface area contributed by atoms with E-state index in [2.05, 4.69) is 0 Å². The van der Waals surface area contributed by atoms with Gasteiger partial charge in [0.1, 0.15) is 0 Å². The Kier molecular flexibility index (Phi) is 3.05. The number of halogens is 4. The number of hydrogen-bond acceptors (Lipinski definition) is 1. The van der Waals surface area contributed by atoms with Crippen molar-refractivity contribution in [3.8, 4) is 5.75 Å². The number of aromatic hydroxyl groups is 1. The molecule has 1 aromatic carbocycles. The Labute approximate surface area is 121 Å². The van der Waals surface area contributed by atoms with Gasteiger partial charge in [-0.3, -0.25) is 0 Å². The maximum atomic E-state index is 14.5. The van der Waals surface area contributed by atoms with Crippen LogP contribution in [0.3, 0.4) is 0 Å². The summed E-state index contributed by atoms with van der Waals surface area (Å²) in [6, 6.07) is 1.40. The van der Waals surface area contributed by atoms with Gasteiger partial charge < -0.3 is 5.11 Å². The SMILES string of the molecule is CC(C)c1cc(C2(C(F)(F)F)CC2)c(C2CC2)c(F)c1O. The summed E-state index contributed by atoms with van der Waals surface area (Å²) in [5.74, 6) is -1.72. The van der Waals surface area contributed by atoms with Crippen molar-refractivity contribution in [2.75, 3.05) is 0 Å². The van der Waals surface area contributed by atoms with Crippen LogP contribution in [0.2, 0.25) is 0 Å². The largest absolute Gasteiger partial charge is 0.505 e. The standard InChI is InChI=1S/C16H18F4O/c1-8(2)10-7-11(15(5-6-15)16(18,19)20)12(9-3-4-9)13(17)14(10)21/h7-9,21H,3-6H2,1-2H3. The van der Waals surface area contributed by atoms with Crippen molar-refractivity contribution >= 4 is 0 Å². The normalized spacial score (nSPS) is 20.9. The van der Waals surface area contributed by atoms with Crippen LogP contribution in [0.4, 0.5) is 17.6 Å². The highest BCUT2D eigenvalue weighted by atomic mass is 19.4. The van der Waals surface area contributed by atoms with E-state index in [1.165, 1.54) is 6.07 Å². The van der Waals surface area contributed by atoms with Crippen LogP contribution < -0.4 is 0 Å². The molecule has 0 radical (unpaired) electrons. The van der Waals surface area contributed by atoms with Gasteiger partial charge in [0.25, 0.3) is 0 Å². The lowest BCUT2D eigenvalue weighted by atomic mass is 9.84. The summed E-state index contributed by atoms with van der Waals surface area (Å²) in [4.78, 5) is 0. The monoisotopic (exact) mass is 302 g/mol. The zero-order valence-corrected chi connectivity index (χ0v) is 12.0. The molecule has 2 aliphatic rings. The van der Waals surface area contributed by atoms with Gasteiger partial charge >= 0.3 is 6.18 Å². The van der Waals surface area contributed by atoms with Gasteiger partial charge in [0.2, 0.25) is 0 Å². The van der Waals surface area contributed by atoms with Crippen LogP contribution in [0, 0.1) is 5.82 Å². The summed E-state index contributed by atoms with van der Waals surface area (Å²) in [6.07, 6.45) is -2.96. The molecule has 2 saturated carbocycles. The zero-order valence-electron chi connectivity index (χ0n) is 12.0. The van der Waals surface area contributed by atoms with Crippen molar-refractivity contribution in [1.82, 2.24) is 0 Å². The Morgan fingerprint density at radius 1 is 1.24 bits per heavy atom. The predicted octanol–water partition coefficient (Wildman–Crippen LogP) is 5.13. The van der Waals surface area contributed by atoms with E-state index in [1.54, 1.807) is 13.8 Å². The minimum atomic E-state index is -4.37. The average Bonchev–Trinajstić information content (AvgIpc) is 3.24. The summed E-state index contributed by atoms with van der Waals surface area (Å²) in [5, 5.41) is 9.98. The van der Waals surface area contributed by atoms with Crippen LogP contribution in [-0.4, -0.2) is 11.3 Å². The van der Waals surface area contributed by atoms with E-state index in [0.717, 1.165) is 0 Å². The van der Waals surface area contributed by atoms with Crippen molar-refractivity contribution in [2.45, 2.75) is 63.0 Å². The van der Waals surface area contributed by atoms with Crippen molar-refractivity contribution in [2.24, 2.45) is 0 Å². The van der Waals surface area contributed by atoms with E-state index >= 15 is 0 Å². The molecule has 21 heavy (non-hydrogen) atoms. The van der Waals surface area contributed by atoms with Gasteiger partial charge in [-0.2, -0.15) is 13.2 Å². The molecule has 0 heterocycles. The van der Waals surface area contributed by atoms with E-state index in [0.29, 0.717) is 12.8 Å². The molecule has 0 spiro atoms. The fourth-order valence-electron chi connectivity index (χ4n) is 3.11. The van der Waals surface area contributed by atoms with Crippen molar-refractivity contribution in [1.29, 1.82) is 0 Å². The molecular formula is C16H18F4O. The molecule has 2 fully saturated rings. The van der Waals surface area contributed by atoms with Crippen LogP contribution in [0.25, 0.3) is 0 Å². The topological polar surface area (TPSA) is 20.2 Å². The number of benzene rings is 1. The summed E-state index contributed by atoms with van der Waals surface area (Å²) < 4.78 is 54.8. The van der Waals surface area contributed by atoms with E-state index in [4.69, 9.17) is 0 Å². The summed E-state index contributed by atoms with van der Waals surface area (Å²) in [5.41, 5.74) is -1.46. The Hall–Kier alpha value is -1.26. The van der Waals surface area contributed by atoms with E-state index < -0.39 is 23.2 Å². The second kappa shape index (κ2) is 4.37. The molecule has 0 atom stereocenters. The smallest absolute Gasteiger partial charge is 0.398 e. The molecule has 3 rings (SSSR count). The lowest BCUT2D eigenvalue weighted by molar-refractivity contribution is -0.160. The molecule has 0 amide bonds. The molecule has 2 aliphatic carbocycles. The van der Waals surface area contributed by atoms with Crippen LogP contribution >= 0.6 is 0 Å². The second-order valence-corrected chi connectivity index (χ2v) is 6.60. The van der Waals surface area contributed by atoms with Gasteiger partial charge in [-0.25, -0.2) is 4.39 Å². The van der Waals surface area contributed by atoms with Gasteiger partial charge in [-0.1, -0.05) is 19.9 Å². The van der Waals surface area contributed by atoms with Gasteiger partial charge in [-0.05, 0) is 54.2 Å². The average molecular weight is 302 g/mol. The molecule has 1 N–H and O–H groups in total. The minimum absolute atomic E-state index is 0.0119. The number of alkyl halides is 3. The van der Waals surface area contributed by atoms with Crippen LogP contribution in [0.15, 0.2) is 6.07 Å². The van der Waals surface area contributed by atoms with Crippen LogP contribution in [-0.2, 0) is 5.41 Å². The minimum Gasteiger partial charge on any atom is -0.505 e. The molecule has 0 bridgehead atoms. The lowest BCUT2D eigenvalue weighted by Gasteiger charge is -2.25. The zero-order chi connectivity index (χ0) is 15.6. The van der Waals surface area contributed by atoms with Gasteiger partial charge in [0.05, 0.1) is 5.41 Å². The first-order chi connectivity index (χ1) is 9.69. The lowest BCUT2D eigenvalue weighted by Crippen LogP contribution is -2.30. The molecule has 1 nitrogen and oxygen atoms in total. The number of rotatable bonds is 3. The fourth-order valence-corrected chi connectivity index (χ4v) is 3.11. The number of phenolic OH excluding ortho intramolecular Hbond substituents is 1. The van der Waals surface area contributed by atoms with Crippen molar-refractivity contribution < 1.29 is 22.7 Å². The van der Waals surface area contributed by atoms with Crippen molar-refractivity contribution in [3.05, 3.63) is 28.6 Å². The first-order valence-electron chi connectivity index (χ1n) is 7.31. The highest BCUT2D eigenvalue weighted by molar-refractivity contribution is 5.53. The molecule has 5 heteroatoms. The van der Waals surface area contributed by atoms with Gasteiger partial charge in [0.15, 0.2) is 11.6 Å². The quantitative estimate of drug-likeness (QED) is 0.768. The highest BCUT2D eigenvalue weighted by Gasteiger charge is 2.65. The molecule has 0 saturated heterocycles. The highest BCUT2D eigenvalue weighted by Crippen LogP contribution is 2.62. The van der Waals surface area contributed by atoms with Crippen LogP contribution in [0.5, 0.6) is 5.75 Å². The maximum absolute atomic E-state index is 14.5. The Balaban J connectivity index is 2.23. The summed E-state index contributed by atoms with van der Waals surface area (Å²) in [6.45, 7) is 3.48. The van der Waals surface area contributed by atoms with E-state index in [-0.39, 0.29) is 41.4 Å². The van der Waals surface area contributed by atoms with Crippen molar-refractivity contribution in [3.63, 3.8) is 0 Å². The van der Waals surface area contributed by atoms with Gasteiger partial charge in [0, 0.05) is 0 Å². The molecule has 116 valence electrons. The molecular weight excluding hydrogens is 284 g/mol. The Morgan fingerprint density at radius 2 is 1.81 bits per heavy atom. The third-order valence-corrected chi connectivity index (χ3v) is 4.72. The van der Waals surface area contributed by atoms with Crippen LogP contribution in [0.1, 0.15) is 68.1 Å². The second-order valence-electron chi connectivity index (χ2n) is 6.60. The molecule has 0 unspecified atom stereocenters. The van der Waals surface area contributed by atoms with E-state index in [1.807, 2.05) is 0 Å².